The van der Waals surface area contributed by atoms with E-state index in [1.165, 1.54) is 17.0 Å². The Morgan fingerprint density at radius 2 is 2.22 bits per heavy atom. The Balaban J connectivity index is 0.00000144. The first-order chi connectivity index (χ1) is 7.70. The minimum absolute atomic E-state index is 0. The first-order valence-electron chi connectivity index (χ1n) is 5.70. The van der Waals surface area contributed by atoms with E-state index in [9.17, 15) is 0 Å². The number of aromatic nitrogens is 1. The van der Waals surface area contributed by atoms with Crippen molar-refractivity contribution in [1.29, 1.82) is 0 Å². The second-order valence-corrected chi connectivity index (χ2v) is 5.50. The van der Waals surface area contributed by atoms with Crippen molar-refractivity contribution >= 4 is 41.3 Å². The average Bonchev–Trinajstić information content (AvgIpc) is 2.67. The van der Waals surface area contributed by atoms with Gasteiger partial charge in [0.15, 0.2) is 5.13 Å². The lowest BCUT2D eigenvalue weighted by molar-refractivity contribution is 0.269. The molecule has 2 rings (SSSR count). The molecular formula is C12H21Cl2N3S. The number of hydrogen-bond acceptors (Lipinski definition) is 4. The van der Waals surface area contributed by atoms with Crippen molar-refractivity contribution in [2.75, 3.05) is 26.0 Å². The minimum atomic E-state index is 0. The average molecular weight is 310 g/mol. The van der Waals surface area contributed by atoms with Gasteiger partial charge in [-0.3, -0.25) is 0 Å². The molecule has 0 saturated heterocycles. The maximum absolute atomic E-state index is 4.62. The molecule has 104 valence electrons. The van der Waals surface area contributed by atoms with Crippen LogP contribution < -0.4 is 5.32 Å². The lowest BCUT2D eigenvalue weighted by Crippen LogP contribution is -2.32. The standard InChI is InChI=1S/C12H19N3S.2ClH/c1-4-7-13-12-14-10-6-5-9(15(2)3)8-11(10)16-12;;/h4,9H,1,5-8H2,2-3H3,(H,13,14);2*1H. The monoisotopic (exact) mass is 309 g/mol. The van der Waals surface area contributed by atoms with Crippen LogP contribution in [0.25, 0.3) is 0 Å². The highest BCUT2D eigenvalue weighted by Gasteiger charge is 2.23. The van der Waals surface area contributed by atoms with E-state index in [0.29, 0.717) is 6.04 Å². The van der Waals surface area contributed by atoms with Gasteiger partial charge < -0.3 is 10.2 Å². The number of hydrogen-bond donors (Lipinski definition) is 1. The Kier molecular flexibility index (Phi) is 7.87. The maximum Gasteiger partial charge on any atom is 0.183 e. The molecule has 1 atom stereocenters. The van der Waals surface area contributed by atoms with Gasteiger partial charge in [0.1, 0.15) is 0 Å². The topological polar surface area (TPSA) is 28.2 Å². The van der Waals surface area contributed by atoms with Crippen LogP contribution in [0.4, 0.5) is 5.13 Å². The van der Waals surface area contributed by atoms with E-state index < -0.39 is 0 Å². The number of halogens is 2. The molecule has 0 aliphatic heterocycles. The number of aryl methyl sites for hydroxylation is 1. The molecule has 1 aliphatic carbocycles. The lowest BCUT2D eigenvalue weighted by Gasteiger charge is -2.27. The van der Waals surface area contributed by atoms with Gasteiger partial charge in [0.05, 0.1) is 5.69 Å². The third-order valence-electron chi connectivity index (χ3n) is 3.04. The van der Waals surface area contributed by atoms with Crippen molar-refractivity contribution < 1.29 is 0 Å². The van der Waals surface area contributed by atoms with E-state index in [2.05, 4.69) is 35.9 Å². The zero-order valence-corrected chi connectivity index (χ0v) is 13.3. The SMILES string of the molecule is C=CCNc1nc2c(s1)CC(N(C)C)CC2.Cl.Cl. The molecule has 18 heavy (non-hydrogen) atoms. The normalized spacial score (nSPS) is 17.4. The first-order valence-corrected chi connectivity index (χ1v) is 6.52. The molecule has 0 radical (unpaired) electrons. The fourth-order valence-corrected chi connectivity index (χ4v) is 3.12. The fraction of sp³-hybridized carbons (Fsp3) is 0.583. The summed E-state index contributed by atoms with van der Waals surface area (Å²) < 4.78 is 0. The molecule has 6 heteroatoms. The van der Waals surface area contributed by atoms with E-state index in [-0.39, 0.29) is 24.8 Å². The quantitative estimate of drug-likeness (QED) is 0.867. The van der Waals surface area contributed by atoms with E-state index >= 15 is 0 Å². The molecule has 1 heterocycles. The van der Waals surface area contributed by atoms with Crippen molar-refractivity contribution in [3.8, 4) is 0 Å². The Morgan fingerprint density at radius 3 is 2.83 bits per heavy atom. The number of thiazole rings is 1. The van der Waals surface area contributed by atoms with Crippen LogP contribution in [-0.2, 0) is 12.8 Å². The summed E-state index contributed by atoms with van der Waals surface area (Å²) in [6.07, 6.45) is 5.36. The molecule has 1 aromatic heterocycles. The van der Waals surface area contributed by atoms with Gasteiger partial charge in [0.25, 0.3) is 0 Å². The van der Waals surface area contributed by atoms with Gasteiger partial charge in [-0.2, -0.15) is 0 Å². The highest BCUT2D eigenvalue weighted by atomic mass is 35.5. The van der Waals surface area contributed by atoms with Crippen LogP contribution in [0.5, 0.6) is 0 Å². The van der Waals surface area contributed by atoms with E-state index in [4.69, 9.17) is 0 Å². The summed E-state index contributed by atoms with van der Waals surface area (Å²) in [5.41, 5.74) is 1.30. The third-order valence-corrected chi connectivity index (χ3v) is 4.12. The second-order valence-electron chi connectivity index (χ2n) is 4.42. The molecule has 0 saturated carbocycles. The molecule has 1 unspecified atom stereocenters. The van der Waals surface area contributed by atoms with Crippen LogP contribution in [0, 0.1) is 0 Å². The number of nitrogens with one attached hydrogen (secondary N) is 1. The maximum atomic E-state index is 4.62. The third kappa shape index (κ3) is 4.12. The van der Waals surface area contributed by atoms with Gasteiger partial charge in [-0.1, -0.05) is 6.08 Å². The summed E-state index contributed by atoms with van der Waals surface area (Å²) >= 11 is 1.80. The van der Waals surface area contributed by atoms with Crippen LogP contribution in [0.2, 0.25) is 0 Å². The molecule has 0 spiro atoms. The Labute approximate surface area is 125 Å². The van der Waals surface area contributed by atoms with E-state index in [1.54, 1.807) is 11.3 Å². The van der Waals surface area contributed by atoms with Crippen LogP contribution in [0.15, 0.2) is 12.7 Å². The number of rotatable bonds is 4. The van der Waals surface area contributed by atoms with Crippen molar-refractivity contribution in [3.05, 3.63) is 23.2 Å². The van der Waals surface area contributed by atoms with Gasteiger partial charge in [-0.05, 0) is 33.4 Å². The van der Waals surface area contributed by atoms with E-state index in [1.807, 2.05) is 6.08 Å². The number of fused-ring (bicyclic) bond motifs is 1. The molecule has 3 nitrogen and oxygen atoms in total. The fourth-order valence-electron chi connectivity index (χ4n) is 2.03. The molecule has 1 aliphatic rings. The summed E-state index contributed by atoms with van der Waals surface area (Å²) in [5.74, 6) is 0. The van der Waals surface area contributed by atoms with Crippen molar-refractivity contribution in [2.45, 2.75) is 25.3 Å². The Morgan fingerprint density at radius 1 is 1.50 bits per heavy atom. The minimum Gasteiger partial charge on any atom is -0.358 e. The van der Waals surface area contributed by atoms with Crippen LogP contribution in [-0.4, -0.2) is 36.6 Å². The summed E-state index contributed by atoms with van der Waals surface area (Å²) in [7, 11) is 4.32. The van der Waals surface area contributed by atoms with Gasteiger partial charge in [0, 0.05) is 17.5 Å². The van der Waals surface area contributed by atoms with E-state index in [0.717, 1.165) is 24.5 Å². The predicted molar refractivity (Wildman–Crippen MR) is 84.8 cm³/mol. The van der Waals surface area contributed by atoms with Gasteiger partial charge >= 0.3 is 0 Å². The predicted octanol–water partition coefficient (Wildman–Crippen LogP) is 3.00. The zero-order chi connectivity index (χ0) is 11.5. The Bertz CT molecular complexity index is 379. The van der Waals surface area contributed by atoms with Gasteiger partial charge in [-0.15, -0.1) is 42.7 Å². The van der Waals surface area contributed by atoms with Crippen molar-refractivity contribution in [3.63, 3.8) is 0 Å². The van der Waals surface area contributed by atoms with Gasteiger partial charge in [0.2, 0.25) is 0 Å². The zero-order valence-electron chi connectivity index (χ0n) is 10.8. The number of likely N-dealkylation sites (N-methyl/N-ethyl adjacent to an activating group) is 1. The molecular weight excluding hydrogens is 289 g/mol. The summed E-state index contributed by atoms with van der Waals surface area (Å²) in [5, 5.41) is 4.32. The molecule has 1 N–H and O–H groups in total. The lowest BCUT2D eigenvalue weighted by atomic mass is 9.97. The molecule has 0 bridgehead atoms. The summed E-state index contributed by atoms with van der Waals surface area (Å²) in [6, 6.07) is 0.681. The highest BCUT2D eigenvalue weighted by molar-refractivity contribution is 7.15. The molecule has 1 aromatic rings. The van der Waals surface area contributed by atoms with Crippen molar-refractivity contribution in [2.24, 2.45) is 0 Å². The molecule has 0 amide bonds. The summed E-state index contributed by atoms with van der Waals surface area (Å²) in [6.45, 7) is 4.50. The highest BCUT2D eigenvalue weighted by Crippen LogP contribution is 2.30. The summed E-state index contributed by atoms with van der Waals surface area (Å²) in [4.78, 5) is 8.40. The first kappa shape index (κ1) is 17.7. The van der Waals surface area contributed by atoms with Crippen LogP contribution in [0.3, 0.4) is 0 Å². The molecule has 0 aromatic carbocycles. The van der Waals surface area contributed by atoms with Gasteiger partial charge in [-0.25, -0.2) is 4.98 Å². The van der Waals surface area contributed by atoms with Crippen LogP contribution in [0.1, 0.15) is 17.0 Å². The largest absolute Gasteiger partial charge is 0.358 e. The number of anilines is 1. The smallest absolute Gasteiger partial charge is 0.183 e. The second kappa shape index (κ2) is 8.00. The Hall–Kier alpha value is -0.290. The van der Waals surface area contributed by atoms with Crippen molar-refractivity contribution in [1.82, 2.24) is 9.88 Å². The van der Waals surface area contributed by atoms with Crippen LogP contribution >= 0.6 is 36.2 Å². The molecule has 0 fully saturated rings. The number of nitrogens with zero attached hydrogens (tertiary/aromatic N) is 2.